The molecule has 9 aromatic rings. The van der Waals surface area contributed by atoms with Crippen molar-refractivity contribution >= 4 is 43.6 Å². The molecule has 0 saturated carbocycles. The van der Waals surface area contributed by atoms with Gasteiger partial charge in [-0.15, -0.1) is 0 Å². The Kier molecular flexibility index (Phi) is 2.80. The van der Waals surface area contributed by atoms with E-state index >= 15 is 0 Å². The summed E-state index contributed by atoms with van der Waals surface area (Å²) in [6.45, 7) is 0. The highest BCUT2D eigenvalue weighted by molar-refractivity contribution is 6.10. The molecular weight excluding hydrogens is 538 g/mol. The van der Waals surface area contributed by atoms with E-state index in [1.165, 1.54) is 10.8 Å². The first-order chi connectivity index (χ1) is 29.3. The van der Waals surface area contributed by atoms with Crippen LogP contribution >= 0.6 is 0 Å². The number of fused-ring (bicyclic) bond motifs is 6. The third-order valence-corrected chi connectivity index (χ3v) is 7.23. The molecule has 44 heavy (non-hydrogen) atoms. The molecule has 0 spiro atoms. The molecule has 0 saturated heterocycles. The van der Waals surface area contributed by atoms with Crippen LogP contribution in [-0.4, -0.2) is 24.1 Å². The quantitative estimate of drug-likeness (QED) is 0.208. The van der Waals surface area contributed by atoms with E-state index in [4.69, 9.17) is 20.6 Å². The van der Waals surface area contributed by atoms with Crippen LogP contribution < -0.4 is 0 Å². The number of pyridine rings is 1. The van der Waals surface area contributed by atoms with E-state index in [0.29, 0.717) is 21.8 Å². The highest BCUT2D eigenvalue weighted by atomic mass is 15.1. The predicted molar refractivity (Wildman–Crippen MR) is 179 cm³/mol. The maximum atomic E-state index is 9.88. The first-order valence-electron chi connectivity index (χ1n) is 22.2. The number of para-hydroxylation sites is 4. The van der Waals surface area contributed by atoms with Crippen LogP contribution in [0.25, 0.3) is 77.8 Å². The maximum Gasteiger partial charge on any atom is 0.162 e. The van der Waals surface area contributed by atoms with Crippen LogP contribution in [0.5, 0.6) is 0 Å². The molecule has 0 aliphatic heterocycles. The van der Waals surface area contributed by atoms with E-state index in [1.54, 1.807) is 36.5 Å². The van der Waals surface area contributed by atoms with Gasteiger partial charge in [-0.1, -0.05) is 103 Å². The van der Waals surface area contributed by atoms with Crippen molar-refractivity contribution in [2.75, 3.05) is 0 Å². The van der Waals surface area contributed by atoms with Crippen LogP contribution in [0.15, 0.2) is 151 Å². The molecule has 5 nitrogen and oxygen atoms in total. The molecule has 206 valence electrons. The molecule has 5 aromatic carbocycles. The van der Waals surface area contributed by atoms with E-state index in [0.717, 1.165) is 4.57 Å². The third kappa shape index (κ3) is 3.69. The molecule has 0 fully saturated rings. The van der Waals surface area contributed by atoms with Crippen LogP contribution in [0.4, 0.5) is 0 Å². The topological polar surface area (TPSA) is 48.5 Å². The number of hydrogen-bond acceptors (Lipinski definition) is 3. The lowest BCUT2D eigenvalue weighted by atomic mass is 10.1. The summed E-state index contributed by atoms with van der Waals surface area (Å²) >= 11 is 0. The molecular formula is C39H25N5. The van der Waals surface area contributed by atoms with Gasteiger partial charge in [0.25, 0.3) is 0 Å². The van der Waals surface area contributed by atoms with Crippen LogP contribution in [0.1, 0.15) is 24.7 Å². The van der Waals surface area contributed by atoms with Gasteiger partial charge in [0.15, 0.2) is 5.82 Å². The number of aromatic nitrogens is 5. The average molecular weight is 582 g/mol. The van der Waals surface area contributed by atoms with Crippen molar-refractivity contribution in [3.8, 4) is 34.2 Å². The molecule has 4 heterocycles. The monoisotopic (exact) mass is 581 g/mol. The summed E-state index contributed by atoms with van der Waals surface area (Å²) in [6, 6.07) is -4.90. The van der Waals surface area contributed by atoms with Gasteiger partial charge in [-0.3, -0.25) is 9.55 Å². The van der Waals surface area contributed by atoms with Gasteiger partial charge in [-0.2, -0.15) is 0 Å². The highest BCUT2D eigenvalue weighted by Gasteiger charge is 2.19. The number of benzene rings is 5. The Morgan fingerprint density at radius 1 is 0.545 bits per heavy atom. The van der Waals surface area contributed by atoms with Crippen molar-refractivity contribution in [3.63, 3.8) is 0 Å². The van der Waals surface area contributed by atoms with Gasteiger partial charge in [0.1, 0.15) is 5.82 Å². The standard InChI is InChI=1S/C39H25N5/c1-2-12-26(13-3-1)39-41-32(24-38(42-39)44-34-19-9-4-14-27(34)28-15-5-10-20-35(28)44)30-17-7-11-21-36(30)43-33-18-8-6-16-29(33)31-25-40-23-22-37(31)43/h1-25H/i1D,2D,3D,4D,5D,7D,9D,10D,11D,12D,13D,14D,15D,17D,19D,20D,21D,24D. The zero-order valence-corrected chi connectivity index (χ0v) is 22.3. The summed E-state index contributed by atoms with van der Waals surface area (Å²) in [5, 5.41) is 0.479. The van der Waals surface area contributed by atoms with Crippen molar-refractivity contribution in [1.29, 1.82) is 0 Å². The Hall–Kier alpha value is -6.07. The van der Waals surface area contributed by atoms with Crippen molar-refractivity contribution < 1.29 is 24.7 Å². The molecule has 5 heteroatoms. The molecule has 0 amide bonds. The second-order valence-corrected chi connectivity index (χ2v) is 9.60. The van der Waals surface area contributed by atoms with Gasteiger partial charge in [0.05, 0.1) is 58.1 Å². The Bertz CT molecular complexity index is 3370. The predicted octanol–water partition coefficient (Wildman–Crippen LogP) is 9.40. The lowest BCUT2D eigenvalue weighted by molar-refractivity contribution is 1.04. The molecule has 4 aromatic heterocycles. The van der Waals surface area contributed by atoms with Crippen molar-refractivity contribution in [2.45, 2.75) is 0 Å². The van der Waals surface area contributed by atoms with Gasteiger partial charge in [-0.25, -0.2) is 9.97 Å². The molecule has 0 radical (unpaired) electrons. The Balaban J connectivity index is 1.57. The van der Waals surface area contributed by atoms with Gasteiger partial charge in [-0.05, 0) is 30.3 Å². The zero-order chi connectivity index (χ0) is 44.7. The van der Waals surface area contributed by atoms with Gasteiger partial charge < -0.3 is 4.57 Å². The minimum atomic E-state index is -0.804. The van der Waals surface area contributed by atoms with Crippen molar-refractivity contribution in [2.24, 2.45) is 0 Å². The lowest BCUT2D eigenvalue weighted by Crippen LogP contribution is -2.04. The largest absolute Gasteiger partial charge is 0.308 e. The number of rotatable bonds is 4. The Labute approximate surface area is 278 Å². The molecule has 0 bridgehead atoms. The van der Waals surface area contributed by atoms with E-state index < -0.39 is 148 Å². The second-order valence-electron chi connectivity index (χ2n) is 9.60. The SMILES string of the molecule is [2H]c1c(-c2c([2H])c([2H])c([2H])c([2H])c2-n2c3ccccc3c3cnccc32)nc(-c2c([2H])c([2H])c([2H])c([2H])c2[2H])nc1-n1c2c([2H])c([2H])c([2H])c([2H])c2c2c([2H])c([2H])c([2H])c([2H])c21. The fraction of sp³-hybridized carbons (Fsp3) is 0. The second kappa shape index (κ2) is 9.75. The molecule has 0 aliphatic carbocycles. The summed E-state index contributed by atoms with van der Waals surface area (Å²) in [5.41, 5.74) is -1.94. The van der Waals surface area contributed by atoms with Crippen LogP contribution in [-0.2, 0) is 0 Å². The first kappa shape index (κ1) is 12.7. The Morgan fingerprint density at radius 2 is 1.23 bits per heavy atom. The van der Waals surface area contributed by atoms with E-state index in [1.807, 2.05) is 0 Å². The summed E-state index contributed by atoms with van der Waals surface area (Å²) in [4.78, 5) is 13.3. The smallest absolute Gasteiger partial charge is 0.162 e. The van der Waals surface area contributed by atoms with Gasteiger partial charge in [0, 0.05) is 51.1 Å². The van der Waals surface area contributed by atoms with Gasteiger partial charge in [0.2, 0.25) is 0 Å². The van der Waals surface area contributed by atoms with Gasteiger partial charge >= 0.3 is 0 Å². The summed E-state index contributed by atoms with van der Waals surface area (Å²) in [7, 11) is 0. The fourth-order valence-electron chi connectivity index (χ4n) is 5.43. The summed E-state index contributed by atoms with van der Waals surface area (Å²) in [5.74, 6) is -1.37. The molecule has 0 N–H and O–H groups in total. The molecule has 0 unspecified atom stereocenters. The molecule has 9 rings (SSSR count). The maximum absolute atomic E-state index is 9.88. The van der Waals surface area contributed by atoms with Crippen LogP contribution in [0.2, 0.25) is 0 Å². The van der Waals surface area contributed by atoms with E-state index in [9.17, 15) is 4.11 Å². The average Bonchev–Trinajstić information content (AvgIpc) is 3.80. The van der Waals surface area contributed by atoms with Crippen molar-refractivity contribution in [3.05, 3.63) is 151 Å². The number of hydrogen-bond donors (Lipinski definition) is 0. The minimum Gasteiger partial charge on any atom is -0.308 e. The third-order valence-electron chi connectivity index (χ3n) is 7.23. The number of nitrogens with zero attached hydrogens (tertiary/aromatic N) is 5. The van der Waals surface area contributed by atoms with E-state index in [-0.39, 0.29) is 16.5 Å². The summed E-state index contributed by atoms with van der Waals surface area (Å²) < 4.78 is 162. The lowest BCUT2D eigenvalue weighted by Gasteiger charge is -2.16. The fourth-order valence-corrected chi connectivity index (χ4v) is 5.43. The van der Waals surface area contributed by atoms with Crippen molar-refractivity contribution in [1.82, 2.24) is 24.1 Å². The Morgan fingerprint density at radius 3 is 2.05 bits per heavy atom. The molecule has 0 aliphatic rings. The van der Waals surface area contributed by atoms with E-state index in [2.05, 4.69) is 15.0 Å². The van der Waals surface area contributed by atoms with Crippen LogP contribution in [0.3, 0.4) is 0 Å². The normalized spacial score (nSPS) is 17.4. The first-order valence-corrected chi connectivity index (χ1v) is 13.2. The van der Waals surface area contributed by atoms with Crippen LogP contribution in [0, 0.1) is 0 Å². The zero-order valence-electron chi connectivity index (χ0n) is 40.3. The minimum absolute atomic E-state index is 0.232. The highest BCUT2D eigenvalue weighted by Crippen LogP contribution is 2.37. The molecule has 0 atom stereocenters. The summed E-state index contributed by atoms with van der Waals surface area (Å²) in [6.07, 6.45) is 3.05.